The minimum atomic E-state index is -4.59. The second-order valence-electron chi connectivity index (χ2n) is 8.78. The van der Waals surface area contributed by atoms with Crippen LogP contribution in [0.3, 0.4) is 0 Å². The van der Waals surface area contributed by atoms with Crippen molar-refractivity contribution in [2.75, 3.05) is 29.6 Å². The van der Waals surface area contributed by atoms with E-state index in [2.05, 4.69) is 15.3 Å². The minimum Gasteiger partial charge on any atom is -0.356 e. The predicted molar refractivity (Wildman–Crippen MR) is 120 cm³/mol. The molecule has 0 bridgehead atoms. The van der Waals surface area contributed by atoms with Crippen LogP contribution >= 0.6 is 11.8 Å². The molecule has 9 heteroatoms. The van der Waals surface area contributed by atoms with Crippen molar-refractivity contribution < 1.29 is 18.0 Å². The number of pyridine rings is 2. The summed E-state index contributed by atoms with van der Waals surface area (Å²) in [5.74, 6) is -0.239. The van der Waals surface area contributed by atoms with E-state index in [1.54, 1.807) is 18.3 Å². The van der Waals surface area contributed by atoms with Gasteiger partial charge in [0, 0.05) is 25.0 Å². The van der Waals surface area contributed by atoms with Gasteiger partial charge in [-0.2, -0.15) is 13.2 Å². The van der Waals surface area contributed by atoms with Crippen LogP contribution in [-0.4, -0.2) is 35.2 Å². The van der Waals surface area contributed by atoms with E-state index in [-0.39, 0.29) is 16.8 Å². The third-order valence-electron chi connectivity index (χ3n) is 6.86. The molecule has 0 atom stereocenters. The lowest BCUT2D eigenvalue weighted by Gasteiger charge is -2.48. The Hall–Kier alpha value is -2.29. The summed E-state index contributed by atoms with van der Waals surface area (Å²) < 4.78 is 41.4. The number of halogens is 3. The molecule has 172 valence electrons. The van der Waals surface area contributed by atoms with Crippen LogP contribution in [0.4, 0.5) is 24.7 Å². The van der Waals surface area contributed by atoms with Crippen molar-refractivity contribution >= 4 is 29.2 Å². The molecule has 2 fully saturated rings. The average molecular weight is 465 g/mol. The Morgan fingerprint density at radius 2 is 1.88 bits per heavy atom. The Morgan fingerprint density at radius 3 is 2.44 bits per heavy atom. The first-order valence-corrected chi connectivity index (χ1v) is 12.0. The first kappa shape index (κ1) is 22.9. The predicted octanol–water partition coefficient (Wildman–Crippen LogP) is 5.86. The molecule has 1 saturated heterocycles. The molecule has 2 aromatic heterocycles. The number of rotatable bonds is 4. The first-order chi connectivity index (χ1) is 15.1. The molecule has 3 heterocycles. The van der Waals surface area contributed by atoms with E-state index in [0.29, 0.717) is 35.0 Å². The van der Waals surface area contributed by atoms with E-state index < -0.39 is 17.6 Å². The van der Waals surface area contributed by atoms with Crippen molar-refractivity contribution in [3.8, 4) is 0 Å². The number of nitrogens with zero attached hydrogens (tertiary/aromatic N) is 3. The maximum Gasteiger partial charge on any atom is 0.418 e. The standard InChI is InChI=1S/C23H27F3N4OS/c1-14-18(21(31)29-16-5-10-27-17(13-16)32-3)20(28-15(2)19(14)23(24,25)26)30-11-8-22(9-12-30)6-4-7-22/h5,10,13H,4,6-9,11-12H2,1-3H3,(H,27,29,31). The Morgan fingerprint density at radius 1 is 1.19 bits per heavy atom. The fraction of sp³-hybridized carbons (Fsp3) is 0.522. The molecule has 32 heavy (non-hydrogen) atoms. The van der Waals surface area contributed by atoms with Gasteiger partial charge >= 0.3 is 6.18 Å². The van der Waals surface area contributed by atoms with E-state index >= 15 is 0 Å². The van der Waals surface area contributed by atoms with Gasteiger partial charge in [0.25, 0.3) is 5.91 Å². The highest BCUT2D eigenvalue weighted by atomic mass is 32.2. The van der Waals surface area contributed by atoms with Crippen LogP contribution in [0.25, 0.3) is 0 Å². The van der Waals surface area contributed by atoms with Crippen LogP contribution in [0, 0.1) is 19.3 Å². The van der Waals surface area contributed by atoms with Crippen LogP contribution in [-0.2, 0) is 6.18 Å². The summed E-state index contributed by atoms with van der Waals surface area (Å²) in [6, 6.07) is 3.32. The average Bonchev–Trinajstić information content (AvgIpc) is 2.71. The van der Waals surface area contributed by atoms with E-state index in [1.165, 1.54) is 44.9 Å². The second kappa shape index (κ2) is 8.57. The molecule has 0 radical (unpaired) electrons. The number of thioether (sulfide) groups is 1. The Balaban J connectivity index is 1.73. The van der Waals surface area contributed by atoms with E-state index in [4.69, 9.17) is 0 Å². The summed E-state index contributed by atoms with van der Waals surface area (Å²) in [7, 11) is 0. The molecule has 5 nitrogen and oxygen atoms in total. The molecule has 0 aromatic carbocycles. The molecular weight excluding hydrogens is 437 g/mol. The lowest BCUT2D eigenvalue weighted by molar-refractivity contribution is -0.138. The summed E-state index contributed by atoms with van der Waals surface area (Å²) in [4.78, 5) is 23.8. The van der Waals surface area contributed by atoms with Gasteiger partial charge in [-0.25, -0.2) is 9.97 Å². The Bertz CT molecular complexity index is 1030. The van der Waals surface area contributed by atoms with Gasteiger partial charge in [0.2, 0.25) is 0 Å². The number of carbonyl (C=O) groups excluding carboxylic acids is 1. The fourth-order valence-corrected chi connectivity index (χ4v) is 5.33. The van der Waals surface area contributed by atoms with Gasteiger partial charge in [-0.05, 0) is 68.9 Å². The van der Waals surface area contributed by atoms with Crippen LogP contribution < -0.4 is 10.2 Å². The number of amides is 1. The van der Waals surface area contributed by atoms with Crippen LogP contribution in [0.2, 0.25) is 0 Å². The fourth-order valence-electron chi connectivity index (χ4n) is 4.92. The SMILES string of the molecule is CSc1cc(NC(=O)c2c(N3CCC4(CCC4)CC3)nc(C)c(C(F)(F)F)c2C)ccn1. The molecule has 0 unspecified atom stereocenters. The smallest absolute Gasteiger partial charge is 0.356 e. The monoisotopic (exact) mass is 464 g/mol. The summed E-state index contributed by atoms with van der Waals surface area (Å²) in [5, 5.41) is 3.47. The van der Waals surface area contributed by atoms with Crippen molar-refractivity contribution in [2.24, 2.45) is 5.41 Å². The molecule has 1 aliphatic carbocycles. The van der Waals surface area contributed by atoms with E-state index in [1.807, 2.05) is 11.2 Å². The Kier molecular flexibility index (Phi) is 6.13. The van der Waals surface area contributed by atoms with Crippen LogP contribution in [0.5, 0.6) is 0 Å². The van der Waals surface area contributed by atoms with Gasteiger partial charge in [-0.1, -0.05) is 6.42 Å². The van der Waals surface area contributed by atoms with Gasteiger partial charge in [-0.15, -0.1) is 11.8 Å². The summed E-state index contributed by atoms with van der Waals surface area (Å²) in [5.41, 5.74) is -0.158. The van der Waals surface area contributed by atoms with Crippen molar-refractivity contribution in [2.45, 2.75) is 57.2 Å². The number of nitrogens with one attached hydrogen (secondary N) is 1. The van der Waals surface area contributed by atoms with Gasteiger partial charge in [0.05, 0.1) is 21.8 Å². The third-order valence-corrected chi connectivity index (χ3v) is 7.50. The van der Waals surface area contributed by atoms with Gasteiger partial charge in [-0.3, -0.25) is 4.79 Å². The zero-order chi connectivity index (χ0) is 23.1. The molecule has 1 N–H and O–H groups in total. The molecule has 1 spiro atoms. The summed E-state index contributed by atoms with van der Waals surface area (Å²) >= 11 is 1.42. The number of aryl methyl sites for hydroxylation is 1. The third kappa shape index (κ3) is 4.31. The normalized spacial score (nSPS) is 17.9. The maximum atomic E-state index is 13.8. The number of carbonyl (C=O) groups is 1. The zero-order valence-corrected chi connectivity index (χ0v) is 19.3. The number of anilines is 2. The highest BCUT2D eigenvalue weighted by Gasteiger charge is 2.42. The number of hydrogen-bond donors (Lipinski definition) is 1. The summed E-state index contributed by atoms with van der Waals surface area (Å²) in [6.45, 7) is 4.13. The Labute approximate surface area is 190 Å². The van der Waals surface area contributed by atoms with Gasteiger partial charge in [0.1, 0.15) is 5.82 Å². The molecule has 1 amide bonds. The first-order valence-electron chi connectivity index (χ1n) is 10.8. The second-order valence-corrected chi connectivity index (χ2v) is 9.60. The number of hydrogen-bond acceptors (Lipinski definition) is 5. The highest BCUT2D eigenvalue weighted by molar-refractivity contribution is 7.98. The molecule has 1 saturated carbocycles. The topological polar surface area (TPSA) is 58.1 Å². The molecule has 2 aliphatic rings. The molecule has 1 aliphatic heterocycles. The quantitative estimate of drug-likeness (QED) is 0.575. The maximum absolute atomic E-state index is 13.8. The van der Waals surface area contributed by atoms with E-state index in [9.17, 15) is 18.0 Å². The highest BCUT2D eigenvalue weighted by Crippen LogP contribution is 2.49. The zero-order valence-electron chi connectivity index (χ0n) is 18.5. The minimum absolute atomic E-state index is 0.00463. The van der Waals surface area contributed by atoms with Crippen molar-refractivity contribution in [1.82, 2.24) is 9.97 Å². The number of aromatic nitrogens is 2. The van der Waals surface area contributed by atoms with Crippen molar-refractivity contribution in [1.29, 1.82) is 0 Å². The van der Waals surface area contributed by atoms with E-state index in [0.717, 1.165) is 12.8 Å². The number of piperidine rings is 1. The van der Waals surface area contributed by atoms with Crippen LogP contribution in [0.1, 0.15) is 59.3 Å². The molecule has 2 aromatic rings. The van der Waals surface area contributed by atoms with Gasteiger partial charge < -0.3 is 10.2 Å². The molecule has 4 rings (SSSR count). The lowest BCUT2D eigenvalue weighted by atomic mass is 9.63. The van der Waals surface area contributed by atoms with Crippen molar-refractivity contribution in [3.05, 3.63) is 40.7 Å². The summed E-state index contributed by atoms with van der Waals surface area (Å²) in [6.07, 6.45) is 4.47. The van der Waals surface area contributed by atoms with Crippen molar-refractivity contribution in [3.63, 3.8) is 0 Å². The van der Waals surface area contributed by atoms with Gasteiger partial charge in [0.15, 0.2) is 0 Å². The lowest BCUT2D eigenvalue weighted by Crippen LogP contribution is -2.44. The molecular formula is C23H27F3N4OS. The number of alkyl halides is 3. The van der Waals surface area contributed by atoms with Crippen LogP contribution in [0.15, 0.2) is 23.4 Å². The largest absolute Gasteiger partial charge is 0.418 e.